The molecule has 0 spiro atoms. The summed E-state index contributed by atoms with van der Waals surface area (Å²) < 4.78 is 13.0. The second-order valence-corrected chi connectivity index (χ2v) is 9.43. The number of hydrogen-bond acceptors (Lipinski definition) is 6. The number of ether oxygens (including phenoxy) is 2. The maximum atomic E-state index is 12.9. The molecule has 3 aromatic rings. The highest BCUT2D eigenvalue weighted by atomic mass is 32.1. The number of nitrogens with zero attached hydrogens (tertiary/aromatic N) is 3. The van der Waals surface area contributed by atoms with Crippen molar-refractivity contribution in [1.82, 2.24) is 14.8 Å². The molecule has 1 saturated heterocycles. The van der Waals surface area contributed by atoms with Gasteiger partial charge in [-0.1, -0.05) is 24.3 Å². The standard InChI is InChI=1S/C24H27N3O3S/c1-26(14-18-16-29-20-9-3-4-10-21(20)30-18)23(28)15-27-12-6-7-17(13-27)24-25-19-8-2-5-11-22(19)31-24/h2-5,8-11,17-18H,6-7,12-16H2,1H3/t17-,18-/m1/s1. The Kier molecular flexibility index (Phi) is 5.78. The molecule has 0 aliphatic carbocycles. The molecule has 0 unspecified atom stereocenters. The van der Waals surface area contributed by atoms with Crippen LogP contribution < -0.4 is 9.47 Å². The molecule has 2 aromatic carbocycles. The van der Waals surface area contributed by atoms with Gasteiger partial charge >= 0.3 is 0 Å². The Bertz CT molecular complexity index is 1040. The van der Waals surface area contributed by atoms with Crippen LogP contribution >= 0.6 is 11.3 Å². The molecule has 2 aliphatic heterocycles. The minimum atomic E-state index is -0.152. The smallest absolute Gasteiger partial charge is 0.236 e. The first-order valence-electron chi connectivity index (χ1n) is 10.9. The molecule has 0 saturated carbocycles. The molecule has 1 aromatic heterocycles. The maximum Gasteiger partial charge on any atom is 0.236 e. The van der Waals surface area contributed by atoms with Crippen LogP contribution in [0.25, 0.3) is 10.2 Å². The number of benzene rings is 2. The van der Waals surface area contributed by atoms with Crippen molar-refractivity contribution in [3.8, 4) is 11.5 Å². The van der Waals surface area contributed by atoms with Gasteiger partial charge in [0.15, 0.2) is 17.6 Å². The van der Waals surface area contributed by atoms with Crippen LogP contribution in [0.15, 0.2) is 48.5 Å². The number of rotatable bonds is 5. The number of thiazole rings is 1. The van der Waals surface area contributed by atoms with Gasteiger partial charge in [0.25, 0.3) is 0 Å². The van der Waals surface area contributed by atoms with Crippen LogP contribution in [0.1, 0.15) is 23.8 Å². The fourth-order valence-electron chi connectivity index (χ4n) is 4.34. The molecule has 0 radical (unpaired) electrons. The number of para-hydroxylation sites is 3. The van der Waals surface area contributed by atoms with E-state index < -0.39 is 0 Å². The van der Waals surface area contributed by atoms with Crippen LogP contribution in [0.3, 0.4) is 0 Å². The van der Waals surface area contributed by atoms with E-state index in [1.165, 1.54) is 9.71 Å². The van der Waals surface area contributed by atoms with E-state index in [1.54, 1.807) is 16.2 Å². The van der Waals surface area contributed by atoms with Crippen LogP contribution in [0.5, 0.6) is 11.5 Å². The molecule has 31 heavy (non-hydrogen) atoms. The summed E-state index contributed by atoms with van der Waals surface area (Å²) in [4.78, 5) is 21.8. The monoisotopic (exact) mass is 437 g/mol. The third kappa shape index (κ3) is 4.52. The number of piperidine rings is 1. The number of likely N-dealkylation sites (N-methyl/N-ethyl adjacent to an activating group) is 1. The van der Waals surface area contributed by atoms with Gasteiger partial charge < -0.3 is 14.4 Å². The van der Waals surface area contributed by atoms with E-state index in [0.717, 1.165) is 42.9 Å². The maximum absolute atomic E-state index is 12.9. The quantitative estimate of drug-likeness (QED) is 0.608. The molecule has 3 heterocycles. The molecule has 162 valence electrons. The Morgan fingerprint density at radius 3 is 2.87 bits per heavy atom. The first kappa shape index (κ1) is 20.3. The highest BCUT2D eigenvalue weighted by Crippen LogP contribution is 2.33. The van der Waals surface area contributed by atoms with Gasteiger partial charge in [0, 0.05) is 19.5 Å². The lowest BCUT2D eigenvalue weighted by molar-refractivity contribution is -0.132. The van der Waals surface area contributed by atoms with E-state index in [-0.39, 0.29) is 12.0 Å². The molecule has 6 nitrogen and oxygen atoms in total. The first-order chi connectivity index (χ1) is 15.2. The van der Waals surface area contributed by atoms with Gasteiger partial charge in [0.05, 0.1) is 28.3 Å². The molecule has 1 amide bonds. The van der Waals surface area contributed by atoms with Crippen LogP contribution in [0, 0.1) is 0 Å². The van der Waals surface area contributed by atoms with Crippen molar-refractivity contribution in [3.63, 3.8) is 0 Å². The normalized spacial score (nSPS) is 21.2. The summed E-state index contributed by atoms with van der Waals surface area (Å²) in [6, 6.07) is 16.0. The van der Waals surface area contributed by atoms with Gasteiger partial charge in [0.1, 0.15) is 6.61 Å². The molecule has 0 N–H and O–H groups in total. The zero-order valence-corrected chi connectivity index (χ0v) is 18.5. The average molecular weight is 438 g/mol. The summed E-state index contributed by atoms with van der Waals surface area (Å²) >= 11 is 1.79. The van der Waals surface area contributed by atoms with Crippen molar-refractivity contribution in [3.05, 3.63) is 53.5 Å². The van der Waals surface area contributed by atoms with Crippen molar-refractivity contribution in [1.29, 1.82) is 0 Å². The number of aromatic nitrogens is 1. The Labute approximate surface area is 186 Å². The zero-order chi connectivity index (χ0) is 21.2. The van der Waals surface area contributed by atoms with Crippen molar-refractivity contribution in [2.75, 3.05) is 39.8 Å². The Hall–Kier alpha value is -2.64. The molecule has 5 rings (SSSR count). The number of carbonyl (C=O) groups is 1. The lowest BCUT2D eigenvalue weighted by Crippen LogP contribution is -2.46. The van der Waals surface area contributed by atoms with Gasteiger partial charge in [-0.05, 0) is 43.7 Å². The predicted octanol–water partition coefficient (Wildman–Crippen LogP) is 3.77. The van der Waals surface area contributed by atoms with Gasteiger partial charge in [-0.15, -0.1) is 11.3 Å². The Balaban J connectivity index is 1.16. The highest BCUT2D eigenvalue weighted by Gasteiger charge is 2.28. The lowest BCUT2D eigenvalue weighted by Gasteiger charge is -2.33. The molecular weight excluding hydrogens is 410 g/mol. The van der Waals surface area contributed by atoms with Crippen molar-refractivity contribution < 1.29 is 14.3 Å². The third-order valence-corrected chi connectivity index (χ3v) is 7.19. The second kappa shape index (κ2) is 8.85. The zero-order valence-electron chi connectivity index (χ0n) is 17.7. The van der Waals surface area contributed by atoms with Crippen molar-refractivity contribution >= 4 is 27.5 Å². The van der Waals surface area contributed by atoms with Crippen molar-refractivity contribution in [2.24, 2.45) is 0 Å². The van der Waals surface area contributed by atoms with Crippen LogP contribution in [-0.2, 0) is 4.79 Å². The fourth-order valence-corrected chi connectivity index (χ4v) is 5.43. The Morgan fingerprint density at radius 2 is 2.00 bits per heavy atom. The van der Waals surface area contributed by atoms with E-state index in [9.17, 15) is 4.79 Å². The average Bonchev–Trinajstić information content (AvgIpc) is 3.23. The number of carbonyl (C=O) groups excluding carboxylic acids is 1. The van der Waals surface area contributed by atoms with E-state index in [2.05, 4.69) is 23.1 Å². The van der Waals surface area contributed by atoms with Gasteiger partial charge in [-0.2, -0.15) is 0 Å². The molecule has 0 bridgehead atoms. The molecule has 2 atom stereocenters. The third-order valence-electron chi connectivity index (χ3n) is 5.99. The van der Waals surface area contributed by atoms with E-state index in [0.29, 0.717) is 25.6 Å². The van der Waals surface area contributed by atoms with Crippen molar-refractivity contribution in [2.45, 2.75) is 24.9 Å². The number of likely N-dealkylation sites (tertiary alicyclic amines) is 1. The number of hydrogen-bond donors (Lipinski definition) is 0. The molecule has 1 fully saturated rings. The van der Waals surface area contributed by atoms with Crippen LogP contribution in [0.4, 0.5) is 0 Å². The summed E-state index contributed by atoms with van der Waals surface area (Å²) in [7, 11) is 1.85. The SMILES string of the molecule is CN(C[C@@H]1COc2ccccc2O1)C(=O)CN1CCC[C@@H](c2nc3ccccc3s2)C1. The minimum Gasteiger partial charge on any atom is -0.486 e. The fraction of sp³-hybridized carbons (Fsp3) is 0.417. The summed E-state index contributed by atoms with van der Waals surface area (Å²) in [5.41, 5.74) is 1.08. The van der Waals surface area contributed by atoms with Crippen LogP contribution in [0.2, 0.25) is 0 Å². The largest absolute Gasteiger partial charge is 0.486 e. The first-order valence-corrected chi connectivity index (χ1v) is 11.7. The predicted molar refractivity (Wildman–Crippen MR) is 122 cm³/mol. The summed E-state index contributed by atoms with van der Waals surface area (Å²) in [5, 5.41) is 1.19. The van der Waals surface area contributed by atoms with E-state index in [1.807, 2.05) is 37.4 Å². The number of fused-ring (bicyclic) bond motifs is 2. The highest BCUT2D eigenvalue weighted by molar-refractivity contribution is 7.18. The summed E-state index contributed by atoms with van der Waals surface area (Å²) in [6.07, 6.45) is 2.07. The summed E-state index contributed by atoms with van der Waals surface area (Å²) in [6.45, 7) is 3.25. The molecule has 7 heteroatoms. The number of amides is 1. The second-order valence-electron chi connectivity index (χ2n) is 8.37. The van der Waals surface area contributed by atoms with Crippen LogP contribution in [-0.4, -0.2) is 66.6 Å². The minimum absolute atomic E-state index is 0.118. The van der Waals surface area contributed by atoms with Gasteiger partial charge in [0.2, 0.25) is 5.91 Å². The van der Waals surface area contributed by atoms with E-state index >= 15 is 0 Å². The summed E-state index contributed by atoms with van der Waals surface area (Å²) in [5.74, 6) is 2.03. The van der Waals surface area contributed by atoms with Gasteiger partial charge in [-0.25, -0.2) is 4.98 Å². The topological polar surface area (TPSA) is 54.9 Å². The molecular formula is C24H27N3O3S. The van der Waals surface area contributed by atoms with Gasteiger partial charge in [-0.3, -0.25) is 9.69 Å². The molecule has 2 aliphatic rings. The lowest BCUT2D eigenvalue weighted by atomic mass is 9.99. The van der Waals surface area contributed by atoms with E-state index in [4.69, 9.17) is 14.5 Å². The Morgan fingerprint density at radius 1 is 1.19 bits per heavy atom.